The van der Waals surface area contributed by atoms with Crippen LogP contribution in [0.1, 0.15) is 200 Å². The molecule has 0 heterocycles. The van der Waals surface area contributed by atoms with Crippen molar-refractivity contribution in [2.24, 2.45) is 0 Å². The molecular weight excluding hydrogens is 731 g/mol. The summed E-state index contributed by atoms with van der Waals surface area (Å²) in [5, 5.41) is 18.3. The Kier molecular flexibility index (Phi) is 40.0. The first-order valence-electron chi connectivity index (χ1n) is 22.4. The van der Waals surface area contributed by atoms with E-state index in [1.807, 2.05) is 0 Å². The molecule has 1 unspecified atom stereocenters. The molecule has 10 nitrogen and oxygen atoms in total. The molecule has 0 saturated heterocycles. The van der Waals surface area contributed by atoms with Crippen molar-refractivity contribution in [2.75, 3.05) is 26.4 Å². The van der Waals surface area contributed by atoms with Crippen LogP contribution in [0.2, 0.25) is 0 Å². The number of rotatable bonds is 42. The Morgan fingerprint density at radius 1 is 0.536 bits per heavy atom. The van der Waals surface area contributed by atoms with Gasteiger partial charge in [0.05, 0.1) is 19.8 Å². The number of phosphoric acid groups is 1. The van der Waals surface area contributed by atoms with Crippen LogP contribution in [0.15, 0.2) is 36.5 Å². The topological polar surface area (TPSA) is 149 Å². The van der Waals surface area contributed by atoms with Gasteiger partial charge in [-0.2, -0.15) is 0 Å². The maximum absolute atomic E-state index is 12.6. The fourth-order valence-corrected chi connectivity index (χ4v) is 6.85. The molecule has 0 aliphatic rings. The molecule has 0 aromatic rings. The molecule has 0 radical (unpaired) electrons. The molecule has 3 N–H and O–H groups in total. The highest BCUT2D eigenvalue weighted by Crippen LogP contribution is 2.43. The number of esters is 2. The second-order valence-electron chi connectivity index (χ2n) is 15.1. The molecule has 11 heteroatoms. The average Bonchev–Trinajstić information content (AvgIpc) is 3.19. The Morgan fingerprint density at radius 2 is 0.929 bits per heavy atom. The van der Waals surface area contributed by atoms with E-state index in [0.29, 0.717) is 12.8 Å². The minimum atomic E-state index is -4.62. The van der Waals surface area contributed by atoms with Crippen LogP contribution < -0.4 is 0 Å². The smallest absolute Gasteiger partial charge is 0.462 e. The second kappa shape index (κ2) is 41.4. The monoisotopic (exact) mass is 815 g/mol. The van der Waals surface area contributed by atoms with Crippen LogP contribution in [0.5, 0.6) is 0 Å². The molecule has 3 atom stereocenters. The number of unbranched alkanes of at least 4 members (excludes halogenated alkanes) is 22. The van der Waals surface area contributed by atoms with E-state index in [0.717, 1.165) is 57.8 Å². The van der Waals surface area contributed by atoms with Gasteiger partial charge in [0, 0.05) is 12.8 Å². The van der Waals surface area contributed by atoms with Crippen molar-refractivity contribution >= 4 is 19.8 Å². The molecule has 0 saturated carbocycles. The number of hydrogen-bond donors (Lipinski definition) is 3. The van der Waals surface area contributed by atoms with Gasteiger partial charge in [0.2, 0.25) is 0 Å². The average molecular weight is 815 g/mol. The minimum Gasteiger partial charge on any atom is -0.462 e. The van der Waals surface area contributed by atoms with Gasteiger partial charge in [-0.05, 0) is 51.4 Å². The van der Waals surface area contributed by atoms with Crippen LogP contribution >= 0.6 is 7.82 Å². The third-order valence-electron chi connectivity index (χ3n) is 9.55. The number of hydrogen-bond acceptors (Lipinski definition) is 9. The van der Waals surface area contributed by atoms with Gasteiger partial charge in [-0.25, -0.2) is 4.57 Å². The van der Waals surface area contributed by atoms with Crippen LogP contribution in [0.3, 0.4) is 0 Å². The predicted octanol–water partition coefficient (Wildman–Crippen LogP) is 11.9. The van der Waals surface area contributed by atoms with Gasteiger partial charge >= 0.3 is 19.8 Å². The molecule has 0 fully saturated rings. The lowest BCUT2D eigenvalue weighted by Crippen LogP contribution is -2.29. The number of phosphoric ester groups is 1. The van der Waals surface area contributed by atoms with Crippen molar-refractivity contribution < 1.29 is 47.8 Å². The van der Waals surface area contributed by atoms with Gasteiger partial charge in [-0.1, -0.05) is 172 Å². The Hall–Kier alpha value is -1.81. The van der Waals surface area contributed by atoms with E-state index in [4.69, 9.17) is 23.6 Å². The number of carbonyl (C=O) groups is 2. The van der Waals surface area contributed by atoms with E-state index in [1.54, 1.807) is 0 Å². The van der Waals surface area contributed by atoms with Gasteiger partial charge in [-0.3, -0.25) is 18.6 Å². The summed E-state index contributed by atoms with van der Waals surface area (Å²) >= 11 is 0. The van der Waals surface area contributed by atoms with Crippen LogP contribution in [-0.2, 0) is 32.7 Å². The molecule has 0 aromatic heterocycles. The van der Waals surface area contributed by atoms with Crippen molar-refractivity contribution in [3.8, 4) is 0 Å². The third kappa shape index (κ3) is 40.4. The summed E-state index contributed by atoms with van der Waals surface area (Å²) in [6, 6.07) is 0. The highest BCUT2D eigenvalue weighted by Gasteiger charge is 2.27. The van der Waals surface area contributed by atoms with Crippen molar-refractivity contribution in [3.05, 3.63) is 36.5 Å². The Labute approximate surface area is 341 Å². The van der Waals surface area contributed by atoms with Crippen LogP contribution in [0.4, 0.5) is 0 Å². The third-order valence-corrected chi connectivity index (χ3v) is 10.5. The minimum absolute atomic E-state index is 0.182. The standard InChI is InChI=1S/C45H83O10P/c1-3-5-7-9-11-13-15-17-19-21-23-24-26-28-30-32-34-36-44(48)52-40-43(41-54-56(50,51)53-39-42(47)38-46)55-45(49)37-35-33-31-29-27-25-22-20-18-16-14-12-10-8-6-4-2/h11,13,17,19,23-24,42-43,46-47H,3-10,12,14-16,18,20-22,25-41H2,1-2H3,(H,50,51)/b13-11-,19-17-,24-23-/t42-,43+/m0/s1. The van der Waals surface area contributed by atoms with E-state index < -0.39 is 51.8 Å². The van der Waals surface area contributed by atoms with Crippen LogP contribution in [0, 0.1) is 0 Å². The largest absolute Gasteiger partial charge is 0.472 e. The lowest BCUT2D eigenvalue weighted by Gasteiger charge is -2.20. The van der Waals surface area contributed by atoms with Crippen molar-refractivity contribution in [2.45, 2.75) is 212 Å². The maximum Gasteiger partial charge on any atom is 0.472 e. The summed E-state index contributed by atoms with van der Waals surface area (Å²) in [7, 11) is -4.62. The zero-order chi connectivity index (χ0) is 41.2. The normalized spacial score (nSPS) is 14.2. The zero-order valence-electron chi connectivity index (χ0n) is 35.6. The summed E-state index contributed by atoms with van der Waals surface area (Å²) < 4.78 is 32.7. The van der Waals surface area contributed by atoms with Crippen LogP contribution in [0.25, 0.3) is 0 Å². The summed E-state index contributed by atoms with van der Waals surface area (Å²) in [6.45, 7) is 2.34. The van der Waals surface area contributed by atoms with Crippen molar-refractivity contribution in [1.29, 1.82) is 0 Å². The molecule has 0 bridgehead atoms. The SMILES string of the molecule is CCCCC/C=C\C/C=C\C/C=C\CCCCCCC(=O)OC[C@H](COP(=O)(O)OC[C@@H](O)CO)OC(=O)CCCCCCCCCCCCCCCCCC. The van der Waals surface area contributed by atoms with Gasteiger partial charge in [-0.15, -0.1) is 0 Å². The van der Waals surface area contributed by atoms with E-state index in [-0.39, 0.29) is 19.4 Å². The van der Waals surface area contributed by atoms with Gasteiger partial charge < -0.3 is 24.6 Å². The molecule has 0 amide bonds. The summed E-state index contributed by atoms with van der Waals surface area (Å²) in [4.78, 5) is 35.0. The molecule has 56 heavy (non-hydrogen) atoms. The molecule has 0 aliphatic heterocycles. The molecule has 0 aliphatic carbocycles. The van der Waals surface area contributed by atoms with Crippen LogP contribution in [-0.4, -0.2) is 65.7 Å². The predicted molar refractivity (Wildman–Crippen MR) is 228 cm³/mol. The summed E-state index contributed by atoms with van der Waals surface area (Å²) in [6.07, 6.45) is 42.5. The Morgan fingerprint density at radius 3 is 1.43 bits per heavy atom. The molecule has 0 spiro atoms. The first-order chi connectivity index (χ1) is 27.2. The van der Waals surface area contributed by atoms with Gasteiger partial charge in [0.1, 0.15) is 12.7 Å². The number of aliphatic hydroxyl groups is 2. The van der Waals surface area contributed by atoms with E-state index in [9.17, 15) is 24.2 Å². The summed E-state index contributed by atoms with van der Waals surface area (Å²) in [5.74, 6) is -0.944. The Bertz CT molecular complexity index is 1030. The fourth-order valence-electron chi connectivity index (χ4n) is 6.06. The fraction of sp³-hybridized carbons (Fsp3) is 0.822. The van der Waals surface area contributed by atoms with Gasteiger partial charge in [0.25, 0.3) is 0 Å². The molecular formula is C45H83O10P. The molecule has 0 rings (SSSR count). The number of carbonyl (C=O) groups excluding carboxylic acids is 2. The quantitative estimate of drug-likeness (QED) is 0.0235. The van der Waals surface area contributed by atoms with Crippen molar-refractivity contribution in [3.63, 3.8) is 0 Å². The number of aliphatic hydroxyl groups excluding tert-OH is 2. The molecule has 328 valence electrons. The molecule has 0 aromatic carbocycles. The first-order valence-corrected chi connectivity index (χ1v) is 23.9. The maximum atomic E-state index is 12.6. The zero-order valence-corrected chi connectivity index (χ0v) is 36.5. The summed E-state index contributed by atoms with van der Waals surface area (Å²) in [5.41, 5.74) is 0. The van der Waals surface area contributed by atoms with E-state index in [1.165, 1.54) is 103 Å². The first kappa shape index (κ1) is 54.2. The lowest BCUT2D eigenvalue weighted by atomic mass is 10.0. The number of ether oxygens (including phenoxy) is 2. The lowest BCUT2D eigenvalue weighted by molar-refractivity contribution is -0.161. The second-order valence-corrected chi connectivity index (χ2v) is 16.5. The highest BCUT2D eigenvalue weighted by atomic mass is 31.2. The van der Waals surface area contributed by atoms with E-state index in [2.05, 4.69) is 50.3 Å². The van der Waals surface area contributed by atoms with Gasteiger partial charge in [0.15, 0.2) is 6.10 Å². The van der Waals surface area contributed by atoms with Crippen molar-refractivity contribution in [1.82, 2.24) is 0 Å². The number of allylic oxidation sites excluding steroid dienone is 6. The Balaban J connectivity index is 4.30. The van der Waals surface area contributed by atoms with E-state index >= 15 is 0 Å². The highest BCUT2D eigenvalue weighted by molar-refractivity contribution is 7.47.